The third-order valence-electron chi connectivity index (χ3n) is 2.96. The van der Waals surface area contributed by atoms with Crippen LogP contribution < -0.4 is 5.32 Å². The van der Waals surface area contributed by atoms with Gasteiger partial charge in [-0.25, -0.2) is 4.39 Å². The van der Waals surface area contributed by atoms with Gasteiger partial charge in [0.25, 0.3) is 0 Å². The Balaban J connectivity index is 1.81. The van der Waals surface area contributed by atoms with Gasteiger partial charge in [-0.3, -0.25) is 4.98 Å². The standard InChI is InChI=1S/C15H17FN2/c1-12(14-4-6-15(16)7-5-14)18-10-8-13-3-2-9-17-11-13/h2-7,9,11-12,18H,8,10H2,1H3/t12-/m0/s1. The Kier molecular flexibility index (Phi) is 4.42. The summed E-state index contributed by atoms with van der Waals surface area (Å²) in [6.07, 6.45) is 4.60. The zero-order valence-corrected chi connectivity index (χ0v) is 10.4. The summed E-state index contributed by atoms with van der Waals surface area (Å²) < 4.78 is 12.8. The minimum Gasteiger partial charge on any atom is -0.310 e. The Morgan fingerprint density at radius 3 is 2.67 bits per heavy atom. The third-order valence-corrected chi connectivity index (χ3v) is 2.96. The van der Waals surface area contributed by atoms with Crippen LogP contribution in [0.1, 0.15) is 24.1 Å². The lowest BCUT2D eigenvalue weighted by molar-refractivity contribution is 0.573. The fourth-order valence-corrected chi connectivity index (χ4v) is 1.85. The van der Waals surface area contributed by atoms with Crippen molar-refractivity contribution >= 4 is 0 Å². The van der Waals surface area contributed by atoms with Crippen LogP contribution in [0.5, 0.6) is 0 Å². The summed E-state index contributed by atoms with van der Waals surface area (Å²) in [5.41, 5.74) is 2.32. The van der Waals surface area contributed by atoms with Gasteiger partial charge in [-0.15, -0.1) is 0 Å². The molecule has 1 atom stereocenters. The molecule has 0 saturated carbocycles. The van der Waals surface area contributed by atoms with E-state index in [9.17, 15) is 4.39 Å². The first-order chi connectivity index (χ1) is 8.75. The van der Waals surface area contributed by atoms with Crippen molar-refractivity contribution in [1.82, 2.24) is 10.3 Å². The van der Waals surface area contributed by atoms with Crippen LogP contribution in [-0.2, 0) is 6.42 Å². The Morgan fingerprint density at radius 2 is 2.00 bits per heavy atom. The molecule has 0 aliphatic rings. The zero-order chi connectivity index (χ0) is 12.8. The molecule has 3 heteroatoms. The molecule has 0 unspecified atom stereocenters. The van der Waals surface area contributed by atoms with Gasteiger partial charge in [0.1, 0.15) is 5.82 Å². The molecule has 0 spiro atoms. The second kappa shape index (κ2) is 6.26. The highest BCUT2D eigenvalue weighted by Gasteiger charge is 2.04. The Hall–Kier alpha value is -1.74. The molecule has 0 aliphatic carbocycles. The van der Waals surface area contributed by atoms with Gasteiger partial charge in [0, 0.05) is 18.4 Å². The lowest BCUT2D eigenvalue weighted by atomic mass is 10.1. The van der Waals surface area contributed by atoms with Gasteiger partial charge in [-0.1, -0.05) is 18.2 Å². The number of pyridine rings is 1. The van der Waals surface area contributed by atoms with E-state index in [1.807, 2.05) is 24.4 Å². The van der Waals surface area contributed by atoms with E-state index in [0.29, 0.717) is 0 Å². The second-order valence-corrected chi connectivity index (χ2v) is 4.34. The van der Waals surface area contributed by atoms with Crippen molar-refractivity contribution < 1.29 is 4.39 Å². The molecule has 0 fully saturated rings. The van der Waals surface area contributed by atoms with Crippen molar-refractivity contribution in [2.24, 2.45) is 0 Å². The van der Waals surface area contributed by atoms with E-state index < -0.39 is 0 Å². The molecule has 0 amide bonds. The van der Waals surface area contributed by atoms with E-state index in [2.05, 4.69) is 23.3 Å². The summed E-state index contributed by atoms with van der Waals surface area (Å²) in [6, 6.07) is 10.9. The Labute approximate surface area is 107 Å². The highest BCUT2D eigenvalue weighted by Crippen LogP contribution is 2.12. The van der Waals surface area contributed by atoms with Gasteiger partial charge in [-0.2, -0.15) is 0 Å². The van der Waals surface area contributed by atoms with Crippen molar-refractivity contribution in [3.05, 3.63) is 65.7 Å². The average Bonchev–Trinajstić information content (AvgIpc) is 2.40. The number of nitrogens with one attached hydrogen (secondary N) is 1. The van der Waals surface area contributed by atoms with E-state index in [1.165, 1.54) is 17.7 Å². The zero-order valence-electron chi connectivity index (χ0n) is 10.4. The summed E-state index contributed by atoms with van der Waals surface area (Å²) in [7, 11) is 0. The van der Waals surface area contributed by atoms with Crippen molar-refractivity contribution in [1.29, 1.82) is 0 Å². The van der Waals surface area contributed by atoms with Crippen LogP contribution in [0.2, 0.25) is 0 Å². The maximum absolute atomic E-state index is 12.8. The van der Waals surface area contributed by atoms with E-state index in [0.717, 1.165) is 18.5 Å². The van der Waals surface area contributed by atoms with Crippen molar-refractivity contribution in [2.75, 3.05) is 6.54 Å². The van der Waals surface area contributed by atoms with Gasteiger partial charge >= 0.3 is 0 Å². The number of hydrogen-bond donors (Lipinski definition) is 1. The molecule has 0 aliphatic heterocycles. The van der Waals surface area contributed by atoms with Crippen LogP contribution in [0.25, 0.3) is 0 Å². The van der Waals surface area contributed by atoms with Crippen LogP contribution in [0.4, 0.5) is 4.39 Å². The fraction of sp³-hybridized carbons (Fsp3) is 0.267. The molecule has 1 aromatic carbocycles. The monoisotopic (exact) mass is 244 g/mol. The molecular formula is C15H17FN2. The van der Waals surface area contributed by atoms with Gasteiger partial charge in [0.05, 0.1) is 0 Å². The van der Waals surface area contributed by atoms with E-state index >= 15 is 0 Å². The molecule has 94 valence electrons. The number of benzene rings is 1. The van der Waals surface area contributed by atoms with Crippen molar-refractivity contribution in [2.45, 2.75) is 19.4 Å². The Morgan fingerprint density at radius 1 is 1.22 bits per heavy atom. The molecule has 18 heavy (non-hydrogen) atoms. The molecule has 1 aromatic heterocycles. The summed E-state index contributed by atoms with van der Waals surface area (Å²) >= 11 is 0. The normalized spacial score (nSPS) is 12.3. The maximum Gasteiger partial charge on any atom is 0.123 e. The van der Waals surface area contributed by atoms with E-state index in [1.54, 1.807) is 6.20 Å². The highest BCUT2D eigenvalue weighted by atomic mass is 19.1. The molecule has 0 radical (unpaired) electrons. The first-order valence-corrected chi connectivity index (χ1v) is 6.13. The minimum atomic E-state index is -0.193. The van der Waals surface area contributed by atoms with E-state index in [-0.39, 0.29) is 11.9 Å². The van der Waals surface area contributed by atoms with Crippen LogP contribution in [-0.4, -0.2) is 11.5 Å². The molecule has 2 aromatic rings. The van der Waals surface area contributed by atoms with Crippen LogP contribution in [0, 0.1) is 5.82 Å². The number of aromatic nitrogens is 1. The fourth-order valence-electron chi connectivity index (χ4n) is 1.85. The Bertz CT molecular complexity index is 468. The van der Waals surface area contributed by atoms with Gasteiger partial charge < -0.3 is 5.32 Å². The smallest absolute Gasteiger partial charge is 0.123 e. The van der Waals surface area contributed by atoms with Crippen molar-refractivity contribution in [3.63, 3.8) is 0 Å². The molecule has 1 heterocycles. The number of halogens is 1. The average molecular weight is 244 g/mol. The maximum atomic E-state index is 12.8. The van der Waals surface area contributed by atoms with Crippen LogP contribution in [0.15, 0.2) is 48.8 Å². The number of rotatable bonds is 5. The predicted molar refractivity (Wildman–Crippen MR) is 70.8 cm³/mol. The lowest BCUT2D eigenvalue weighted by Crippen LogP contribution is -2.21. The SMILES string of the molecule is C[C@H](NCCc1cccnc1)c1ccc(F)cc1. The summed E-state index contributed by atoms with van der Waals surface area (Å²) in [4.78, 5) is 4.08. The van der Waals surface area contributed by atoms with Crippen LogP contribution >= 0.6 is 0 Å². The van der Waals surface area contributed by atoms with Gasteiger partial charge in [0.15, 0.2) is 0 Å². The lowest BCUT2D eigenvalue weighted by Gasteiger charge is -2.14. The third kappa shape index (κ3) is 3.64. The summed E-state index contributed by atoms with van der Waals surface area (Å²) in [6.45, 7) is 2.96. The van der Waals surface area contributed by atoms with E-state index in [4.69, 9.17) is 0 Å². The van der Waals surface area contributed by atoms with Crippen LogP contribution in [0.3, 0.4) is 0 Å². The highest BCUT2D eigenvalue weighted by molar-refractivity contribution is 5.19. The predicted octanol–water partition coefficient (Wildman–Crippen LogP) is 3.11. The molecule has 0 saturated heterocycles. The molecule has 0 bridgehead atoms. The van der Waals surface area contributed by atoms with Gasteiger partial charge in [-0.05, 0) is 49.2 Å². The molecule has 1 N–H and O–H groups in total. The summed E-state index contributed by atoms with van der Waals surface area (Å²) in [5, 5.41) is 3.42. The quantitative estimate of drug-likeness (QED) is 0.874. The minimum absolute atomic E-state index is 0.193. The van der Waals surface area contributed by atoms with Crippen molar-refractivity contribution in [3.8, 4) is 0 Å². The first-order valence-electron chi connectivity index (χ1n) is 6.13. The molecule has 2 nitrogen and oxygen atoms in total. The molecule has 2 rings (SSSR count). The molecular weight excluding hydrogens is 227 g/mol. The van der Waals surface area contributed by atoms with Gasteiger partial charge in [0.2, 0.25) is 0 Å². The second-order valence-electron chi connectivity index (χ2n) is 4.34. The topological polar surface area (TPSA) is 24.9 Å². The number of nitrogens with zero attached hydrogens (tertiary/aromatic N) is 1. The number of hydrogen-bond acceptors (Lipinski definition) is 2. The summed E-state index contributed by atoms with van der Waals surface area (Å²) in [5.74, 6) is -0.193. The first kappa shape index (κ1) is 12.7. The largest absolute Gasteiger partial charge is 0.310 e.